The van der Waals surface area contributed by atoms with Gasteiger partial charge in [0, 0.05) is 11.5 Å². The lowest BCUT2D eigenvalue weighted by Gasteiger charge is -2.23. The molecule has 2 rings (SSSR count). The summed E-state index contributed by atoms with van der Waals surface area (Å²) in [6.07, 6.45) is 0.991. The molecule has 0 aromatic carbocycles. The number of hydrogen-bond acceptors (Lipinski definition) is 5. The third-order valence-electron chi connectivity index (χ3n) is 3.39. The second kappa shape index (κ2) is 7.38. The minimum absolute atomic E-state index is 0.198. The van der Waals surface area contributed by atoms with Crippen molar-refractivity contribution in [1.29, 1.82) is 0 Å². The van der Waals surface area contributed by atoms with E-state index >= 15 is 0 Å². The first-order chi connectivity index (χ1) is 10.0. The molecule has 0 saturated heterocycles. The highest BCUT2D eigenvalue weighted by molar-refractivity contribution is 7.18. The zero-order valence-electron chi connectivity index (χ0n) is 12.9. The number of hydrogen-bond donors (Lipinski definition) is 1. The fourth-order valence-electron chi connectivity index (χ4n) is 2.05. The summed E-state index contributed by atoms with van der Waals surface area (Å²) in [6, 6.07) is 2.35. The van der Waals surface area contributed by atoms with Gasteiger partial charge in [0.15, 0.2) is 0 Å². The molecule has 0 fully saturated rings. The molecule has 4 nitrogen and oxygen atoms in total. The van der Waals surface area contributed by atoms with Crippen LogP contribution in [-0.4, -0.2) is 29.2 Å². The van der Waals surface area contributed by atoms with Crippen molar-refractivity contribution in [3.05, 3.63) is 16.2 Å². The average molecular weight is 328 g/mol. The molecule has 21 heavy (non-hydrogen) atoms. The minimum atomic E-state index is 0.198. The predicted octanol–water partition coefficient (Wildman–Crippen LogP) is 4.38. The van der Waals surface area contributed by atoms with Crippen LogP contribution >= 0.6 is 22.9 Å². The predicted molar refractivity (Wildman–Crippen MR) is 90.5 cm³/mol. The van der Waals surface area contributed by atoms with Crippen molar-refractivity contribution in [3.63, 3.8) is 0 Å². The van der Waals surface area contributed by atoms with E-state index in [1.165, 1.54) is 4.88 Å². The molecule has 116 valence electrons. The topological polar surface area (TPSA) is 47.0 Å². The summed E-state index contributed by atoms with van der Waals surface area (Å²) in [6.45, 7) is 9.84. The van der Waals surface area contributed by atoms with Gasteiger partial charge in [-0.1, -0.05) is 20.8 Å². The molecule has 0 radical (unpaired) electrons. The number of halogens is 1. The molecule has 0 aliphatic carbocycles. The number of ether oxygens (including phenoxy) is 1. The van der Waals surface area contributed by atoms with Crippen LogP contribution in [0.1, 0.15) is 32.6 Å². The van der Waals surface area contributed by atoms with Gasteiger partial charge in [-0.05, 0) is 36.9 Å². The van der Waals surface area contributed by atoms with Crippen LogP contribution in [0.15, 0.2) is 6.07 Å². The van der Waals surface area contributed by atoms with Crippen LogP contribution < -0.4 is 5.32 Å². The minimum Gasteiger partial charge on any atom is -0.380 e. The Kier molecular flexibility index (Phi) is 5.79. The lowest BCUT2D eigenvalue weighted by molar-refractivity contribution is 0.126. The number of nitrogens with one attached hydrogen (secondary N) is 1. The van der Waals surface area contributed by atoms with Crippen LogP contribution in [0.2, 0.25) is 5.28 Å². The summed E-state index contributed by atoms with van der Waals surface area (Å²) in [7, 11) is 0. The zero-order chi connectivity index (χ0) is 15.4. The van der Waals surface area contributed by atoms with Crippen LogP contribution in [0.4, 0.5) is 5.82 Å². The van der Waals surface area contributed by atoms with E-state index in [0.717, 1.165) is 22.5 Å². The number of anilines is 1. The number of rotatable bonds is 7. The van der Waals surface area contributed by atoms with Crippen molar-refractivity contribution in [2.45, 2.75) is 40.2 Å². The molecule has 0 aliphatic rings. The van der Waals surface area contributed by atoms with E-state index in [1.54, 1.807) is 11.3 Å². The van der Waals surface area contributed by atoms with E-state index in [1.807, 2.05) is 6.92 Å². The van der Waals surface area contributed by atoms with Crippen molar-refractivity contribution in [3.8, 4) is 0 Å². The number of fused-ring (bicyclic) bond motifs is 1. The van der Waals surface area contributed by atoms with Gasteiger partial charge in [0.1, 0.15) is 10.6 Å². The third-order valence-corrected chi connectivity index (χ3v) is 4.74. The molecule has 2 aromatic rings. The van der Waals surface area contributed by atoms with Gasteiger partial charge in [0.25, 0.3) is 0 Å². The van der Waals surface area contributed by atoms with Crippen molar-refractivity contribution < 1.29 is 4.74 Å². The monoisotopic (exact) mass is 327 g/mol. The lowest BCUT2D eigenvalue weighted by atomic mass is 10.1. The molecule has 2 aromatic heterocycles. The Morgan fingerprint density at radius 3 is 2.71 bits per heavy atom. The van der Waals surface area contributed by atoms with Crippen molar-refractivity contribution >= 4 is 39.0 Å². The van der Waals surface area contributed by atoms with E-state index < -0.39 is 0 Å². The van der Waals surface area contributed by atoms with Crippen molar-refractivity contribution in [2.75, 3.05) is 18.5 Å². The SMILES string of the molecule is CCOCC(Nc1nc(Cl)nc2sc(CC)cc12)C(C)C. The normalized spacial score (nSPS) is 13.0. The van der Waals surface area contributed by atoms with Gasteiger partial charge in [0.2, 0.25) is 5.28 Å². The average Bonchev–Trinajstić information content (AvgIpc) is 2.85. The fraction of sp³-hybridized carbons (Fsp3) is 0.600. The van der Waals surface area contributed by atoms with Gasteiger partial charge in [0.05, 0.1) is 18.0 Å². The molecule has 0 bridgehead atoms. The summed E-state index contributed by atoms with van der Waals surface area (Å²) in [5.41, 5.74) is 0. The fourth-order valence-corrected chi connectivity index (χ4v) is 3.24. The molecule has 2 heterocycles. The first-order valence-electron chi connectivity index (χ1n) is 7.35. The Labute approximate surface area is 134 Å². The second-order valence-corrected chi connectivity index (χ2v) is 6.73. The number of aryl methyl sites for hydroxylation is 1. The maximum absolute atomic E-state index is 6.06. The highest BCUT2D eigenvalue weighted by atomic mass is 35.5. The highest BCUT2D eigenvalue weighted by Crippen LogP contribution is 2.31. The molecule has 1 atom stereocenters. The highest BCUT2D eigenvalue weighted by Gasteiger charge is 2.17. The van der Waals surface area contributed by atoms with E-state index in [0.29, 0.717) is 19.1 Å². The molecule has 0 spiro atoms. The Bertz CT molecular complexity index is 600. The van der Waals surface area contributed by atoms with Gasteiger partial charge in [-0.2, -0.15) is 0 Å². The second-order valence-electron chi connectivity index (χ2n) is 5.28. The maximum atomic E-state index is 6.06. The van der Waals surface area contributed by atoms with Crippen LogP contribution in [0, 0.1) is 5.92 Å². The molecular formula is C15H22ClN3OS. The molecule has 1 unspecified atom stereocenters. The summed E-state index contributed by atoms with van der Waals surface area (Å²) >= 11 is 7.73. The van der Waals surface area contributed by atoms with Crippen molar-refractivity contribution in [2.24, 2.45) is 5.92 Å². The molecule has 0 amide bonds. The smallest absolute Gasteiger partial charge is 0.225 e. The van der Waals surface area contributed by atoms with Crippen LogP contribution in [0.3, 0.4) is 0 Å². The Morgan fingerprint density at radius 2 is 2.10 bits per heavy atom. The van der Waals surface area contributed by atoms with Gasteiger partial charge in [-0.3, -0.25) is 0 Å². The summed E-state index contributed by atoms with van der Waals surface area (Å²) in [4.78, 5) is 10.9. The Balaban J connectivity index is 2.32. The van der Waals surface area contributed by atoms with Crippen LogP contribution in [0.5, 0.6) is 0 Å². The van der Waals surface area contributed by atoms with Gasteiger partial charge in [-0.25, -0.2) is 9.97 Å². The van der Waals surface area contributed by atoms with Gasteiger partial charge >= 0.3 is 0 Å². The summed E-state index contributed by atoms with van der Waals surface area (Å²) < 4.78 is 5.56. The van der Waals surface area contributed by atoms with E-state index in [2.05, 4.69) is 42.1 Å². The molecule has 0 saturated carbocycles. The summed E-state index contributed by atoms with van der Waals surface area (Å²) in [5, 5.41) is 4.81. The number of thiophene rings is 1. The number of nitrogens with zero attached hydrogens (tertiary/aromatic N) is 2. The van der Waals surface area contributed by atoms with E-state index in [9.17, 15) is 0 Å². The molecule has 6 heteroatoms. The zero-order valence-corrected chi connectivity index (χ0v) is 14.5. The van der Waals surface area contributed by atoms with Gasteiger partial charge < -0.3 is 10.1 Å². The standard InChI is InChI=1S/C15H22ClN3OS/c1-5-10-7-11-13(18-15(16)19-14(11)21-10)17-12(9(3)4)8-20-6-2/h7,9,12H,5-6,8H2,1-4H3,(H,17,18,19). The van der Waals surface area contributed by atoms with E-state index in [4.69, 9.17) is 16.3 Å². The number of aromatic nitrogens is 2. The maximum Gasteiger partial charge on any atom is 0.225 e. The van der Waals surface area contributed by atoms with E-state index in [-0.39, 0.29) is 11.3 Å². The quantitative estimate of drug-likeness (QED) is 0.767. The molecule has 0 aliphatic heterocycles. The molecule has 1 N–H and O–H groups in total. The van der Waals surface area contributed by atoms with Crippen molar-refractivity contribution in [1.82, 2.24) is 9.97 Å². The Hall–Kier alpha value is -0.910. The van der Waals surface area contributed by atoms with Crippen LogP contribution in [-0.2, 0) is 11.2 Å². The Morgan fingerprint density at radius 1 is 1.33 bits per heavy atom. The largest absolute Gasteiger partial charge is 0.380 e. The third kappa shape index (κ3) is 4.05. The van der Waals surface area contributed by atoms with Crippen LogP contribution in [0.25, 0.3) is 10.2 Å². The van der Waals surface area contributed by atoms with Gasteiger partial charge in [-0.15, -0.1) is 11.3 Å². The molecular weight excluding hydrogens is 306 g/mol. The first kappa shape index (κ1) is 16.5. The first-order valence-corrected chi connectivity index (χ1v) is 8.54. The lowest BCUT2D eigenvalue weighted by Crippen LogP contribution is -2.31. The summed E-state index contributed by atoms with van der Waals surface area (Å²) in [5.74, 6) is 1.24.